The fourth-order valence-corrected chi connectivity index (χ4v) is 4.13. The quantitative estimate of drug-likeness (QED) is 0.260. The van der Waals surface area contributed by atoms with E-state index in [1.165, 1.54) is 17.2 Å². The van der Waals surface area contributed by atoms with Crippen LogP contribution < -0.4 is 5.32 Å². The molecule has 0 aromatic heterocycles. The number of hydrogen-bond donors (Lipinski definition) is 1. The second-order valence-electron chi connectivity index (χ2n) is 7.98. The van der Waals surface area contributed by atoms with Crippen molar-refractivity contribution in [1.29, 1.82) is 0 Å². The van der Waals surface area contributed by atoms with E-state index in [9.17, 15) is 4.39 Å². The third kappa shape index (κ3) is 7.22. The van der Waals surface area contributed by atoms with Crippen molar-refractivity contribution >= 4 is 11.6 Å². The van der Waals surface area contributed by atoms with E-state index in [1.807, 2.05) is 6.07 Å². The van der Waals surface area contributed by atoms with Gasteiger partial charge in [0.25, 0.3) is 0 Å². The summed E-state index contributed by atoms with van der Waals surface area (Å²) in [5.41, 5.74) is 3.35. The molecule has 0 spiro atoms. The van der Waals surface area contributed by atoms with Gasteiger partial charge in [-0.3, -0.25) is 0 Å². The van der Waals surface area contributed by atoms with E-state index in [0.717, 1.165) is 44.2 Å². The zero-order chi connectivity index (χ0) is 21.2. The number of nitrogens with one attached hydrogen (secondary N) is 1. The molecule has 0 radical (unpaired) electrons. The Bertz CT molecular complexity index is 679. The molecule has 156 valence electrons. The van der Waals surface area contributed by atoms with Gasteiger partial charge in [0.05, 0.1) is 5.02 Å². The molecule has 1 aromatic carbocycles. The Morgan fingerprint density at radius 1 is 1.29 bits per heavy atom. The lowest BCUT2D eigenvalue weighted by atomic mass is 9.64. The molecule has 0 saturated heterocycles. The summed E-state index contributed by atoms with van der Waals surface area (Å²) in [5.74, 6) is 0.152. The van der Waals surface area contributed by atoms with E-state index >= 15 is 0 Å². The lowest BCUT2D eigenvalue weighted by Gasteiger charge is -2.40. The van der Waals surface area contributed by atoms with Crippen LogP contribution in [-0.2, 0) is 6.54 Å². The fraction of sp³-hybridized carbons (Fsp3) is 0.520. The zero-order valence-electron chi connectivity index (χ0n) is 18.1. The Hall–Kier alpha value is -1.38. The van der Waals surface area contributed by atoms with Crippen LogP contribution in [0.25, 0.3) is 0 Å². The largest absolute Gasteiger partial charge is 0.313 e. The standard InChI is InChI=1S/C25H37ClFN/c1-7-9-22(25(14-8-2,20(5)6)15-12-19(3)4)13-16-28-18-21-10-11-23(26)24(27)17-21/h8,10-11,14,17,22,28H,3,5,7,9,12-13,15-16,18H2,1-2,4,6H3/b14-8-. The summed E-state index contributed by atoms with van der Waals surface area (Å²) >= 11 is 5.76. The summed E-state index contributed by atoms with van der Waals surface area (Å²) in [6, 6.07) is 4.99. The van der Waals surface area contributed by atoms with Crippen LogP contribution in [0, 0.1) is 17.2 Å². The van der Waals surface area contributed by atoms with Crippen molar-refractivity contribution in [3.8, 4) is 0 Å². The molecule has 0 bridgehead atoms. The topological polar surface area (TPSA) is 12.0 Å². The van der Waals surface area contributed by atoms with E-state index in [0.29, 0.717) is 12.5 Å². The van der Waals surface area contributed by atoms with Crippen molar-refractivity contribution in [2.75, 3.05) is 6.54 Å². The highest BCUT2D eigenvalue weighted by Crippen LogP contribution is 2.45. The normalized spacial score (nSPS) is 14.8. The van der Waals surface area contributed by atoms with E-state index in [1.54, 1.807) is 6.07 Å². The van der Waals surface area contributed by atoms with Crippen LogP contribution >= 0.6 is 11.6 Å². The predicted molar refractivity (Wildman–Crippen MR) is 122 cm³/mol. The molecule has 1 nitrogen and oxygen atoms in total. The minimum absolute atomic E-state index is 0.00221. The monoisotopic (exact) mass is 405 g/mol. The number of halogens is 2. The lowest BCUT2D eigenvalue weighted by molar-refractivity contribution is 0.225. The van der Waals surface area contributed by atoms with Crippen LogP contribution in [0.5, 0.6) is 0 Å². The summed E-state index contributed by atoms with van der Waals surface area (Å²) in [4.78, 5) is 0. The van der Waals surface area contributed by atoms with Gasteiger partial charge >= 0.3 is 0 Å². The molecule has 28 heavy (non-hydrogen) atoms. The van der Waals surface area contributed by atoms with Gasteiger partial charge in [-0.1, -0.05) is 60.9 Å². The van der Waals surface area contributed by atoms with Crippen LogP contribution in [0.1, 0.15) is 65.4 Å². The molecule has 0 amide bonds. The smallest absolute Gasteiger partial charge is 0.142 e. The number of benzene rings is 1. The molecule has 2 unspecified atom stereocenters. The minimum atomic E-state index is -0.362. The van der Waals surface area contributed by atoms with Crippen molar-refractivity contribution in [3.05, 3.63) is 71.1 Å². The van der Waals surface area contributed by atoms with Gasteiger partial charge < -0.3 is 5.32 Å². The van der Waals surface area contributed by atoms with Crippen LogP contribution in [0.15, 0.2) is 54.7 Å². The number of rotatable bonds is 13. The summed E-state index contributed by atoms with van der Waals surface area (Å²) < 4.78 is 13.6. The zero-order valence-corrected chi connectivity index (χ0v) is 18.8. The summed E-state index contributed by atoms with van der Waals surface area (Å²) in [5, 5.41) is 3.64. The highest BCUT2D eigenvalue weighted by molar-refractivity contribution is 6.30. The first-order valence-corrected chi connectivity index (χ1v) is 10.7. The fourth-order valence-electron chi connectivity index (χ4n) is 4.01. The maximum absolute atomic E-state index is 13.6. The first kappa shape index (κ1) is 24.7. The van der Waals surface area contributed by atoms with Gasteiger partial charge in [0, 0.05) is 12.0 Å². The van der Waals surface area contributed by atoms with Gasteiger partial charge in [-0.05, 0) is 76.6 Å². The van der Waals surface area contributed by atoms with Crippen LogP contribution in [-0.4, -0.2) is 6.54 Å². The molecule has 0 heterocycles. The highest BCUT2D eigenvalue weighted by atomic mass is 35.5. The van der Waals surface area contributed by atoms with Crippen molar-refractivity contribution in [3.63, 3.8) is 0 Å². The average molecular weight is 406 g/mol. The van der Waals surface area contributed by atoms with Crippen molar-refractivity contribution in [2.45, 2.75) is 66.3 Å². The second kappa shape index (κ2) is 12.2. The van der Waals surface area contributed by atoms with Gasteiger partial charge in [-0.25, -0.2) is 4.39 Å². The molecular weight excluding hydrogens is 369 g/mol. The Kier molecular flexibility index (Phi) is 10.8. The maximum atomic E-state index is 13.6. The van der Waals surface area contributed by atoms with Gasteiger partial charge in [0.2, 0.25) is 0 Å². The molecule has 0 aliphatic heterocycles. The molecule has 0 aliphatic rings. The Morgan fingerprint density at radius 3 is 2.54 bits per heavy atom. The van der Waals surface area contributed by atoms with Crippen molar-refractivity contribution in [1.82, 2.24) is 5.32 Å². The van der Waals surface area contributed by atoms with Gasteiger partial charge in [-0.15, -0.1) is 6.58 Å². The molecule has 3 heteroatoms. The third-order valence-electron chi connectivity index (χ3n) is 5.57. The average Bonchev–Trinajstić information content (AvgIpc) is 2.64. The van der Waals surface area contributed by atoms with E-state index in [4.69, 9.17) is 11.6 Å². The highest BCUT2D eigenvalue weighted by Gasteiger charge is 2.35. The first-order valence-electron chi connectivity index (χ1n) is 10.4. The van der Waals surface area contributed by atoms with Crippen molar-refractivity contribution < 1.29 is 4.39 Å². The van der Waals surface area contributed by atoms with Gasteiger partial charge in [0.1, 0.15) is 5.82 Å². The number of allylic oxidation sites excluding steroid dienone is 4. The van der Waals surface area contributed by atoms with E-state index in [2.05, 4.69) is 58.3 Å². The Morgan fingerprint density at radius 2 is 2.00 bits per heavy atom. The molecule has 0 fully saturated rings. The second-order valence-corrected chi connectivity index (χ2v) is 8.38. The van der Waals surface area contributed by atoms with Crippen LogP contribution in [0.4, 0.5) is 4.39 Å². The molecule has 1 N–H and O–H groups in total. The maximum Gasteiger partial charge on any atom is 0.142 e. The number of hydrogen-bond acceptors (Lipinski definition) is 1. The van der Waals surface area contributed by atoms with E-state index in [-0.39, 0.29) is 16.3 Å². The van der Waals surface area contributed by atoms with Gasteiger partial charge in [0.15, 0.2) is 0 Å². The SMILES string of the molecule is C=C(C)CCC(/C=C\C)(C(=C)C)C(CCC)CCNCc1ccc(Cl)c(F)c1. The minimum Gasteiger partial charge on any atom is -0.313 e. The molecule has 0 saturated carbocycles. The Balaban J connectivity index is 2.84. The molecule has 1 rings (SSSR count). The van der Waals surface area contributed by atoms with Crippen LogP contribution in [0.2, 0.25) is 5.02 Å². The summed E-state index contributed by atoms with van der Waals surface area (Å²) in [6.45, 7) is 18.6. The predicted octanol–water partition coefficient (Wildman–Crippen LogP) is 7.87. The summed E-state index contributed by atoms with van der Waals surface area (Å²) in [7, 11) is 0. The first-order chi connectivity index (χ1) is 13.3. The molecule has 0 aliphatic carbocycles. The van der Waals surface area contributed by atoms with Gasteiger partial charge in [-0.2, -0.15) is 0 Å². The molecular formula is C25H37ClFN. The molecule has 2 atom stereocenters. The van der Waals surface area contributed by atoms with E-state index < -0.39 is 0 Å². The van der Waals surface area contributed by atoms with Crippen molar-refractivity contribution in [2.24, 2.45) is 11.3 Å². The van der Waals surface area contributed by atoms with Crippen LogP contribution in [0.3, 0.4) is 0 Å². The third-order valence-corrected chi connectivity index (χ3v) is 5.88. The summed E-state index contributed by atoms with van der Waals surface area (Å²) in [6.07, 6.45) is 9.94. The molecule has 1 aromatic rings. The lowest BCUT2D eigenvalue weighted by Crippen LogP contribution is -2.32. The Labute approximate surface area is 176 Å².